The Kier molecular flexibility index (Phi) is 5.76. The van der Waals surface area contributed by atoms with Crippen LogP contribution in [0.4, 0.5) is 4.79 Å². The van der Waals surface area contributed by atoms with Crippen LogP contribution < -0.4 is 5.32 Å². The first-order valence-corrected chi connectivity index (χ1v) is 8.05. The van der Waals surface area contributed by atoms with E-state index in [4.69, 9.17) is 0 Å². The van der Waals surface area contributed by atoms with Crippen molar-refractivity contribution in [3.05, 3.63) is 24.4 Å². The Hall–Kier alpha value is -1.40. The molecule has 21 heavy (non-hydrogen) atoms. The fourth-order valence-corrected chi connectivity index (χ4v) is 3.08. The van der Waals surface area contributed by atoms with Gasteiger partial charge in [0.1, 0.15) is 5.03 Å². The highest BCUT2D eigenvalue weighted by Crippen LogP contribution is 2.20. The topological polar surface area (TPSA) is 62.3 Å². The molecule has 6 heteroatoms. The van der Waals surface area contributed by atoms with Gasteiger partial charge in [-0.1, -0.05) is 6.07 Å². The van der Waals surface area contributed by atoms with Gasteiger partial charge in [-0.25, -0.2) is 4.98 Å². The summed E-state index contributed by atoms with van der Waals surface area (Å²) in [4.78, 5) is 30.4. The molecular formula is C15H21N3O2S. The molecule has 2 heterocycles. The molecule has 1 aromatic rings. The minimum Gasteiger partial charge on any atom is -0.323 e. The Balaban J connectivity index is 1.97. The molecule has 0 aromatic carbocycles. The van der Waals surface area contributed by atoms with Crippen LogP contribution in [-0.4, -0.2) is 46.1 Å². The van der Waals surface area contributed by atoms with Gasteiger partial charge in [-0.15, -0.1) is 0 Å². The molecule has 1 aliphatic heterocycles. The molecular weight excluding hydrogens is 286 g/mol. The van der Waals surface area contributed by atoms with Crippen LogP contribution in [-0.2, 0) is 4.79 Å². The van der Waals surface area contributed by atoms with Crippen LogP contribution in [0.15, 0.2) is 29.4 Å². The smallest absolute Gasteiger partial charge is 0.288 e. The number of amides is 1. The standard InChI is InChI=1S/C15H21N3O2S/c1-11(2)18(10-13(19)12-6-5-9-16-12)15(20)21-14-7-3-4-8-17-14/h3-4,7-8,11-12,16H,5-6,9-10H2,1-2H3/t12-/m0/s1. The molecule has 0 unspecified atom stereocenters. The third-order valence-electron chi connectivity index (χ3n) is 3.46. The molecule has 1 fully saturated rings. The maximum atomic E-state index is 12.4. The Labute approximate surface area is 129 Å². The summed E-state index contributed by atoms with van der Waals surface area (Å²) >= 11 is 1.07. The average Bonchev–Trinajstić information content (AvgIpc) is 2.99. The summed E-state index contributed by atoms with van der Waals surface area (Å²) in [6, 6.07) is 5.33. The van der Waals surface area contributed by atoms with E-state index in [-0.39, 0.29) is 29.7 Å². The molecule has 1 aliphatic rings. The molecule has 1 atom stereocenters. The van der Waals surface area contributed by atoms with Crippen LogP contribution in [0.3, 0.4) is 0 Å². The zero-order chi connectivity index (χ0) is 15.2. The first-order chi connectivity index (χ1) is 10.1. The van der Waals surface area contributed by atoms with Gasteiger partial charge < -0.3 is 10.2 Å². The second kappa shape index (κ2) is 7.56. The fraction of sp³-hybridized carbons (Fsp3) is 0.533. The number of carbonyl (C=O) groups excluding carboxylic acids is 2. The monoisotopic (exact) mass is 307 g/mol. The summed E-state index contributed by atoms with van der Waals surface area (Å²) in [5.41, 5.74) is 0. The average molecular weight is 307 g/mol. The van der Waals surface area contributed by atoms with Crippen LogP contribution in [0.5, 0.6) is 0 Å². The Morgan fingerprint density at radius 3 is 2.86 bits per heavy atom. The van der Waals surface area contributed by atoms with Gasteiger partial charge in [0.15, 0.2) is 5.78 Å². The molecule has 5 nitrogen and oxygen atoms in total. The van der Waals surface area contributed by atoms with Crippen molar-refractivity contribution in [2.24, 2.45) is 0 Å². The van der Waals surface area contributed by atoms with Crippen molar-refractivity contribution in [3.63, 3.8) is 0 Å². The van der Waals surface area contributed by atoms with E-state index in [2.05, 4.69) is 10.3 Å². The van der Waals surface area contributed by atoms with E-state index < -0.39 is 0 Å². The largest absolute Gasteiger partial charge is 0.323 e. The van der Waals surface area contributed by atoms with Crippen LogP contribution in [0.1, 0.15) is 26.7 Å². The van der Waals surface area contributed by atoms with Crippen molar-refractivity contribution in [1.82, 2.24) is 15.2 Å². The van der Waals surface area contributed by atoms with Gasteiger partial charge in [0.05, 0.1) is 12.6 Å². The van der Waals surface area contributed by atoms with Gasteiger partial charge in [0, 0.05) is 12.2 Å². The minimum atomic E-state index is -0.130. The molecule has 1 amide bonds. The molecule has 0 saturated carbocycles. The summed E-state index contributed by atoms with van der Waals surface area (Å²) in [7, 11) is 0. The van der Waals surface area contributed by atoms with Crippen LogP contribution in [0.2, 0.25) is 0 Å². The molecule has 0 bridgehead atoms. The predicted octanol–water partition coefficient (Wildman–Crippen LogP) is 2.33. The lowest BCUT2D eigenvalue weighted by molar-refractivity contribution is -0.121. The molecule has 2 rings (SSSR count). The number of thioether (sulfide) groups is 1. The Morgan fingerprint density at radius 1 is 1.48 bits per heavy atom. The lowest BCUT2D eigenvalue weighted by Gasteiger charge is -2.26. The normalized spacial score (nSPS) is 18.0. The second-order valence-electron chi connectivity index (χ2n) is 5.37. The maximum absolute atomic E-state index is 12.4. The van der Waals surface area contributed by atoms with Crippen molar-refractivity contribution in [2.75, 3.05) is 13.1 Å². The third-order valence-corrected chi connectivity index (χ3v) is 4.32. The number of hydrogen-bond donors (Lipinski definition) is 1. The highest BCUT2D eigenvalue weighted by atomic mass is 32.2. The van der Waals surface area contributed by atoms with E-state index in [1.807, 2.05) is 26.0 Å². The van der Waals surface area contributed by atoms with Gasteiger partial charge >= 0.3 is 0 Å². The fourth-order valence-electron chi connectivity index (χ4n) is 2.25. The quantitative estimate of drug-likeness (QED) is 0.846. The molecule has 0 aliphatic carbocycles. The van der Waals surface area contributed by atoms with Crippen molar-refractivity contribution in [1.29, 1.82) is 0 Å². The Bertz CT molecular complexity index is 487. The van der Waals surface area contributed by atoms with Gasteiger partial charge in [-0.05, 0) is 57.1 Å². The number of ketones is 1. The van der Waals surface area contributed by atoms with Gasteiger partial charge in [0.25, 0.3) is 5.24 Å². The van der Waals surface area contributed by atoms with E-state index >= 15 is 0 Å². The first-order valence-electron chi connectivity index (χ1n) is 7.23. The van der Waals surface area contributed by atoms with Crippen LogP contribution in [0.25, 0.3) is 0 Å². The molecule has 1 N–H and O–H groups in total. The summed E-state index contributed by atoms with van der Waals surface area (Å²) in [5, 5.41) is 3.71. The lowest BCUT2D eigenvalue weighted by atomic mass is 10.1. The van der Waals surface area contributed by atoms with E-state index in [0.29, 0.717) is 5.03 Å². The molecule has 0 spiro atoms. The summed E-state index contributed by atoms with van der Waals surface area (Å²) in [5.74, 6) is 0.0937. The van der Waals surface area contributed by atoms with E-state index in [9.17, 15) is 9.59 Å². The first kappa shape index (κ1) is 16.0. The number of carbonyl (C=O) groups is 2. The highest BCUT2D eigenvalue weighted by molar-refractivity contribution is 8.13. The number of rotatable bonds is 5. The molecule has 114 valence electrons. The number of pyridine rings is 1. The number of aromatic nitrogens is 1. The number of nitrogens with zero attached hydrogens (tertiary/aromatic N) is 2. The lowest BCUT2D eigenvalue weighted by Crippen LogP contribution is -2.44. The SMILES string of the molecule is CC(C)N(CC(=O)[C@@H]1CCCN1)C(=O)Sc1ccccn1. The van der Waals surface area contributed by atoms with E-state index in [0.717, 1.165) is 31.1 Å². The van der Waals surface area contributed by atoms with Crippen molar-refractivity contribution in [3.8, 4) is 0 Å². The number of hydrogen-bond acceptors (Lipinski definition) is 5. The van der Waals surface area contributed by atoms with E-state index in [1.54, 1.807) is 17.2 Å². The highest BCUT2D eigenvalue weighted by Gasteiger charge is 2.27. The minimum absolute atomic E-state index is 0.0148. The van der Waals surface area contributed by atoms with E-state index in [1.165, 1.54) is 0 Å². The number of nitrogens with one attached hydrogen (secondary N) is 1. The molecule has 0 radical (unpaired) electrons. The number of Topliss-reactive ketones (excluding diaryl/α,β-unsaturated/α-hetero) is 1. The molecule has 1 saturated heterocycles. The second-order valence-corrected chi connectivity index (χ2v) is 6.34. The van der Waals surface area contributed by atoms with Crippen LogP contribution in [0, 0.1) is 0 Å². The van der Waals surface area contributed by atoms with Gasteiger partial charge in [-0.3, -0.25) is 9.59 Å². The van der Waals surface area contributed by atoms with Crippen molar-refractivity contribution < 1.29 is 9.59 Å². The predicted molar refractivity (Wildman–Crippen MR) is 83.4 cm³/mol. The van der Waals surface area contributed by atoms with Crippen molar-refractivity contribution >= 4 is 22.8 Å². The van der Waals surface area contributed by atoms with Gasteiger partial charge in [-0.2, -0.15) is 0 Å². The summed E-state index contributed by atoms with van der Waals surface area (Å²) in [6.45, 7) is 4.89. The van der Waals surface area contributed by atoms with Crippen LogP contribution >= 0.6 is 11.8 Å². The maximum Gasteiger partial charge on any atom is 0.288 e. The van der Waals surface area contributed by atoms with Gasteiger partial charge in [0.2, 0.25) is 0 Å². The Morgan fingerprint density at radius 2 is 2.29 bits per heavy atom. The summed E-state index contributed by atoms with van der Waals surface area (Å²) < 4.78 is 0. The zero-order valence-corrected chi connectivity index (χ0v) is 13.2. The molecule has 1 aromatic heterocycles. The van der Waals surface area contributed by atoms with Crippen molar-refractivity contribution in [2.45, 2.75) is 43.8 Å². The summed E-state index contributed by atoms with van der Waals surface area (Å²) in [6.07, 6.45) is 3.55. The third kappa shape index (κ3) is 4.54. The zero-order valence-electron chi connectivity index (χ0n) is 12.4.